The smallest absolute Gasteiger partial charge is 0.392 e. The van der Waals surface area contributed by atoms with E-state index in [0.717, 1.165) is 82.9 Å². The molecule has 11 rings (SSSR count). The number of oxime groups is 1. The summed E-state index contributed by atoms with van der Waals surface area (Å²) in [5.41, 5.74) is 14.2. The maximum Gasteiger partial charge on any atom is 0.392 e. The molecule has 0 radical (unpaired) electrons. The van der Waals surface area contributed by atoms with Gasteiger partial charge >= 0.3 is 11.1 Å². The van der Waals surface area contributed by atoms with Crippen molar-refractivity contribution < 1.29 is 37.3 Å². The zero-order chi connectivity index (χ0) is 62.2. The minimum absolute atomic E-state index is 0. The molecular weight excluding hydrogens is 1340 g/mol. The second-order valence-electron chi connectivity index (χ2n) is 19.0. The first kappa shape index (κ1) is 70.2. The summed E-state index contributed by atoms with van der Waals surface area (Å²) in [6.07, 6.45) is 0.847. The summed E-state index contributed by atoms with van der Waals surface area (Å²) < 4.78 is 28.9. The minimum atomic E-state index is -3.22. The van der Waals surface area contributed by atoms with Crippen molar-refractivity contribution in [2.24, 2.45) is 5.16 Å². The largest absolute Gasteiger partial charge is 0.616 e. The molecule has 448 valence electrons. The number of carbonyl (C=O) groups is 2. The average Bonchev–Trinajstić information content (AvgIpc) is 1.92. The standard InChI is InChI=1S/C17H14ClNO.C17H14INO.C17H15NO2.C9H9NO2.C8H8O.Cl3OP.ClH/c2*1-12-7-9-14(10-8-12)17-19-15(11-18)16(20-17)13-5-3-2-4-6-13;1-12-8-10-15(11-9-12)17-18(19)13(2)16(20-17)14-6-4-3-5-7-14;1-7(10-12)9(11)8-5-3-2-4-6-8;1-7-2-4-8(6-9)5-3-7;1-5(2,3)4;/h2*2-10H,11H2,1H3;3-11H,1-2H3;2-6,12H,1H3;2-6H,1H3;;1H/b;;;10-7+;;;. The average molecular weight is 1400 g/mol. The fourth-order valence-corrected chi connectivity index (χ4v) is 8.53. The van der Waals surface area contributed by atoms with E-state index in [2.05, 4.69) is 110 Å². The number of hydrogen-bond donors (Lipinski definition) is 1. The minimum Gasteiger partial charge on any atom is -0.616 e. The molecule has 0 aliphatic heterocycles. The van der Waals surface area contributed by atoms with Gasteiger partial charge in [0.15, 0.2) is 11.5 Å². The molecule has 0 amide bonds. The fraction of sp³-hybridized carbons (Fsp3) is 0.118. The van der Waals surface area contributed by atoms with Gasteiger partial charge in [-0.1, -0.05) is 232 Å². The van der Waals surface area contributed by atoms with E-state index >= 15 is 0 Å². The predicted molar refractivity (Wildman–Crippen MR) is 364 cm³/mol. The molecule has 0 aliphatic rings. The lowest BCUT2D eigenvalue weighted by atomic mass is 10.1. The number of carbonyl (C=O) groups excluding carboxylic acids is 2. The maximum absolute atomic E-state index is 12.3. The van der Waals surface area contributed by atoms with E-state index in [1.807, 2.05) is 184 Å². The van der Waals surface area contributed by atoms with Crippen molar-refractivity contribution in [3.05, 3.63) is 274 Å². The first-order valence-corrected chi connectivity index (χ1v) is 33.0. The van der Waals surface area contributed by atoms with E-state index < -0.39 is 5.20 Å². The molecule has 8 aromatic carbocycles. The van der Waals surface area contributed by atoms with Crippen LogP contribution in [0.1, 0.15) is 67.0 Å². The molecule has 0 atom stereocenters. The Bertz CT molecular complexity index is 3830. The second-order valence-corrected chi connectivity index (χ2v) is 26.6. The lowest BCUT2D eigenvalue weighted by Crippen LogP contribution is -2.29. The monoisotopic (exact) mass is 1390 g/mol. The SMILES string of the molecule is C/C(=N\O)C(=O)c1ccccc1.Cc1ccc(-c2nc(CCl)c(-c3ccccc3)o2)cc1.Cc1ccc(-c2nc(CI)c(-c3ccccc3)o2)cc1.Cc1ccc(-c2oc(-c3ccccc3)c(C)[n+]2[O-])cc1.Cc1ccc(C=O)cc1.Cl.O=P(Cl)(Cl)Cl. The van der Waals surface area contributed by atoms with Gasteiger partial charge in [-0.25, -0.2) is 9.97 Å². The highest BCUT2D eigenvalue weighted by atomic mass is 127. The number of rotatable bonds is 11. The second kappa shape index (κ2) is 35.3. The molecule has 87 heavy (non-hydrogen) atoms. The van der Waals surface area contributed by atoms with Gasteiger partial charge in [-0.05, 0) is 105 Å². The van der Waals surface area contributed by atoms with Crippen molar-refractivity contribution in [1.82, 2.24) is 9.97 Å². The Morgan fingerprint density at radius 1 is 0.552 bits per heavy atom. The van der Waals surface area contributed by atoms with Crippen LogP contribution in [0, 0.1) is 39.8 Å². The van der Waals surface area contributed by atoms with Crippen molar-refractivity contribution in [3.63, 3.8) is 0 Å². The molecule has 0 saturated heterocycles. The molecule has 0 spiro atoms. The van der Waals surface area contributed by atoms with Gasteiger partial charge in [0, 0.05) is 50.3 Å². The summed E-state index contributed by atoms with van der Waals surface area (Å²) >= 11 is 22.2. The first-order chi connectivity index (χ1) is 41.3. The van der Waals surface area contributed by atoms with Crippen LogP contribution in [0.2, 0.25) is 0 Å². The zero-order valence-electron chi connectivity index (χ0n) is 48.1. The van der Waals surface area contributed by atoms with Crippen LogP contribution < -0.4 is 4.73 Å². The van der Waals surface area contributed by atoms with Crippen LogP contribution >= 0.6 is 85.5 Å². The fourth-order valence-electron chi connectivity index (χ4n) is 7.83. The van der Waals surface area contributed by atoms with E-state index in [1.54, 1.807) is 31.2 Å². The van der Waals surface area contributed by atoms with Crippen LogP contribution in [0.5, 0.6) is 0 Å². The highest BCUT2D eigenvalue weighted by molar-refractivity contribution is 14.1. The number of aldehydes is 1. The van der Waals surface area contributed by atoms with Gasteiger partial charge in [0.05, 0.1) is 17.1 Å². The molecule has 0 bridgehead atoms. The lowest BCUT2D eigenvalue weighted by molar-refractivity contribution is -0.602. The van der Waals surface area contributed by atoms with Crippen LogP contribution in [-0.2, 0) is 14.9 Å². The van der Waals surface area contributed by atoms with E-state index in [0.29, 0.717) is 40.6 Å². The Hall–Kier alpha value is -7.59. The molecule has 0 fully saturated rings. The van der Waals surface area contributed by atoms with Crippen LogP contribution in [0.25, 0.3) is 68.3 Å². The normalized spacial score (nSPS) is 10.5. The summed E-state index contributed by atoms with van der Waals surface area (Å²) in [7, 11) is 0. The quantitative estimate of drug-likeness (QED) is 0.0125. The molecule has 3 heterocycles. The van der Waals surface area contributed by atoms with E-state index in [-0.39, 0.29) is 23.9 Å². The molecular formula is C68H61Cl5IN4O8P. The molecule has 11 aromatic rings. The van der Waals surface area contributed by atoms with Gasteiger partial charge in [0.1, 0.15) is 17.7 Å². The summed E-state index contributed by atoms with van der Waals surface area (Å²) in [6.45, 7) is 11.4. The van der Waals surface area contributed by atoms with E-state index in [4.69, 9.17) is 30.1 Å². The van der Waals surface area contributed by atoms with E-state index in [1.165, 1.54) is 23.6 Å². The molecule has 3 aromatic heterocycles. The van der Waals surface area contributed by atoms with Gasteiger partial charge in [0.25, 0.3) is 0 Å². The number of benzene rings is 8. The van der Waals surface area contributed by atoms with E-state index in [9.17, 15) is 19.4 Å². The number of aromatic nitrogens is 3. The van der Waals surface area contributed by atoms with Crippen LogP contribution in [0.4, 0.5) is 0 Å². The van der Waals surface area contributed by atoms with Crippen LogP contribution in [-0.4, -0.2) is 33.0 Å². The molecule has 0 saturated carbocycles. The Morgan fingerprint density at radius 2 is 0.897 bits per heavy atom. The Kier molecular flexibility index (Phi) is 28.5. The molecule has 19 heteroatoms. The zero-order valence-corrected chi connectivity index (χ0v) is 55.0. The van der Waals surface area contributed by atoms with Gasteiger partial charge < -0.3 is 23.7 Å². The van der Waals surface area contributed by atoms with Crippen molar-refractivity contribution in [1.29, 1.82) is 0 Å². The summed E-state index contributed by atoms with van der Waals surface area (Å²) in [4.78, 5) is 30.5. The summed E-state index contributed by atoms with van der Waals surface area (Å²) in [5, 5.41) is 20.2. The Labute approximate surface area is 545 Å². The molecule has 12 nitrogen and oxygen atoms in total. The van der Waals surface area contributed by atoms with Crippen molar-refractivity contribution >= 4 is 103 Å². The number of halogens is 6. The molecule has 0 aliphatic carbocycles. The third-order valence-electron chi connectivity index (χ3n) is 12.4. The van der Waals surface area contributed by atoms with Gasteiger partial charge in [-0.3, -0.25) is 14.2 Å². The highest BCUT2D eigenvalue weighted by Gasteiger charge is 2.24. The molecule has 1 N–H and O–H groups in total. The van der Waals surface area contributed by atoms with Crippen LogP contribution in [0.15, 0.2) is 237 Å². The number of ketones is 1. The number of aryl methyl sites for hydroxylation is 4. The highest BCUT2D eigenvalue weighted by Crippen LogP contribution is 2.61. The third-order valence-corrected chi connectivity index (χ3v) is 13.4. The van der Waals surface area contributed by atoms with Crippen molar-refractivity contribution in [2.45, 2.75) is 51.8 Å². The van der Waals surface area contributed by atoms with Gasteiger partial charge in [-0.15, -0.1) is 28.7 Å². The predicted octanol–water partition coefficient (Wildman–Crippen LogP) is 20.9. The van der Waals surface area contributed by atoms with Crippen LogP contribution in [0.3, 0.4) is 0 Å². The maximum atomic E-state index is 12.3. The topological polar surface area (TPSA) is 176 Å². The lowest BCUT2D eigenvalue weighted by Gasteiger charge is -1.98. The Balaban J connectivity index is 0.000000199. The van der Waals surface area contributed by atoms with Crippen molar-refractivity contribution in [2.75, 3.05) is 0 Å². The number of Topliss-reactive ketones (excluding diaryl/α,β-unsaturated/α-hetero) is 1. The first-order valence-electron chi connectivity index (χ1n) is 26.5. The third kappa shape index (κ3) is 22.0. The molecule has 0 unspecified atom stereocenters. The van der Waals surface area contributed by atoms with Gasteiger partial charge in [0.2, 0.25) is 29.0 Å². The van der Waals surface area contributed by atoms with Gasteiger partial charge in [-0.2, -0.15) is 0 Å². The number of hydrogen-bond acceptors (Lipinski definition) is 11. The summed E-state index contributed by atoms with van der Waals surface area (Å²) in [5.74, 6) is 3.96. The number of nitrogens with zero attached hydrogens (tertiary/aromatic N) is 4. The number of oxazole rings is 3. The van der Waals surface area contributed by atoms with Crippen molar-refractivity contribution in [3.8, 4) is 68.3 Å². The number of alkyl halides is 2. The summed E-state index contributed by atoms with van der Waals surface area (Å²) in [6, 6.07) is 70.0. The Morgan fingerprint density at radius 3 is 1.26 bits per heavy atom.